The summed E-state index contributed by atoms with van der Waals surface area (Å²) in [6, 6.07) is 15.6. The van der Waals surface area contributed by atoms with Crippen LogP contribution in [0.1, 0.15) is 5.56 Å². The van der Waals surface area contributed by atoms with Gasteiger partial charge in [0.25, 0.3) is 0 Å². The summed E-state index contributed by atoms with van der Waals surface area (Å²) in [7, 11) is 3.32. The molecule has 156 valence electrons. The summed E-state index contributed by atoms with van der Waals surface area (Å²) < 4.78 is 10.6. The van der Waals surface area contributed by atoms with E-state index in [1.54, 1.807) is 20.4 Å². The third-order valence-electron chi connectivity index (χ3n) is 4.90. The van der Waals surface area contributed by atoms with Gasteiger partial charge in [0, 0.05) is 32.7 Å². The van der Waals surface area contributed by atoms with E-state index in [0.29, 0.717) is 6.54 Å². The van der Waals surface area contributed by atoms with Crippen LogP contribution >= 0.6 is 0 Å². The number of β-amino-alcohol motifs (C(OH)–C–C–N with tert-alkyl or cyclic N) is 1. The SMILES string of the molecule is COc1cccc(/C=N\OC[C@@H](O)CN2CCN(c3ccccc3OC)CC2)c1. The Morgan fingerprint density at radius 1 is 1.03 bits per heavy atom. The molecule has 7 nitrogen and oxygen atoms in total. The van der Waals surface area contributed by atoms with Crippen LogP contribution < -0.4 is 14.4 Å². The number of aliphatic hydroxyl groups is 1. The molecule has 0 aliphatic carbocycles. The molecule has 0 aromatic heterocycles. The molecule has 1 atom stereocenters. The normalized spacial score (nSPS) is 16.0. The maximum atomic E-state index is 10.3. The molecule has 0 bridgehead atoms. The minimum atomic E-state index is -0.588. The summed E-state index contributed by atoms with van der Waals surface area (Å²) in [6.07, 6.45) is 1.02. The van der Waals surface area contributed by atoms with E-state index in [-0.39, 0.29) is 6.61 Å². The van der Waals surface area contributed by atoms with E-state index in [1.807, 2.05) is 42.5 Å². The van der Waals surface area contributed by atoms with Crippen LogP contribution in [0.25, 0.3) is 0 Å². The van der Waals surface area contributed by atoms with Gasteiger partial charge in [0.1, 0.15) is 24.2 Å². The number of benzene rings is 2. The number of aliphatic hydroxyl groups excluding tert-OH is 1. The van der Waals surface area contributed by atoms with Crippen molar-refractivity contribution in [3.8, 4) is 11.5 Å². The van der Waals surface area contributed by atoms with E-state index < -0.39 is 6.10 Å². The third-order valence-corrected chi connectivity index (χ3v) is 4.90. The smallest absolute Gasteiger partial charge is 0.144 e. The summed E-state index contributed by atoms with van der Waals surface area (Å²) in [5.74, 6) is 1.66. The first-order chi connectivity index (χ1) is 14.2. The molecule has 0 amide bonds. The lowest BCUT2D eigenvalue weighted by molar-refractivity contribution is 0.0186. The molecule has 0 unspecified atom stereocenters. The fourth-order valence-electron chi connectivity index (χ4n) is 3.36. The number of piperazine rings is 1. The van der Waals surface area contributed by atoms with Crippen LogP contribution in [0.5, 0.6) is 11.5 Å². The van der Waals surface area contributed by atoms with Crippen molar-refractivity contribution in [2.75, 3.05) is 58.5 Å². The molecule has 0 spiro atoms. The first kappa shape index (κ1) is 21.0. The van der Waals surface area contributed by atoms with Gasteiger partial charge in [0.15, 0.2) is 0 Å². The zero-order valence-corrected chi connectivity index (χ0v) is 17.0. The quantitative estimate of drug-likeness (QED) is 0.515. The topological polar surface area (TPSA) is 66.8 Å². The zero-order valence-electron chi connectivity index (χ0n) is 17.0. The van der Waals surface area contributed by atoms with Gasteiger partial charge in [0.2, 0.25) is 0 Å². The van der Waals surface area contributed by atoms with Crippen LogP contribution in [-0.4, -0.2) is 75.9 Å². The molecule has 0 radical (unpaired) electrons. The van der Waals surface area contributed by atoms with Crippen LogP contribution in [0.3, 0.4) is 0 Å². The van der Waals surface area contributed by atoms with Gasteiger partial charge in [-0.3, -0.25) is 4.90 Å². The van der Waals surface area contributed by atoms with Gasteiger partial charge < -0.3 is 24.3 Å². The molecular formula is C22H29N3O4. The summed E-state index contributed by atoms with van der Waals surface area (Å²) in [5, 5.41) is 14.2. The molecule has 0 saturated carbocycles. The molecule has 1 saturated heterocycles. The molecule has 1 N–H and O–H groups in total. The first-order valence-electron chi connectivity index (χ1n) is 9.77. The molecule has 2 aromatic rings. The fraction of sp³-hybridized carbons (Fsp3) is 0.409. The second-order valence-electron chi connectivity index (χ2n) is 6.92. The van der Waals surface area contributed by atoms with Gasteiger partial charge in [-0.05, 0) is 29.8 Å². The largest absolute Gasteiger partial charge is 0.497 e. The minimum absolute atomic E-state index is 0.160. The van der Waals surface area contributed by atoms with E-state index in [2.05, 4.69) is 21.0 Å². The van der Waals surface area contributed by atoms with Gasteiger partial charge in [-0.1, -0.05) is 29.4 Å². The molecule has 1 aliphatic rings. The zero-order chi connectivity index (χ0) is 20.5. The maximum Gasteiger partial charge on any atom is 0.144 e. The monoisotopic (exact) mass is 399 g/mol. The number of nitrogens with zero attached hydrogens (tertiary/aromatic N) is 3. The average Bonchev–Trinajstić information content (AvgIpc) is 2.77. The van der Waals surface area contributed by atoms with E-state index in [4.69, 9.17) is 14.3 Å². The minimum Gasteiger partial charge on any atom is -0.497 e. The Morgan fingerprint density at radius 3 is 2.59 bits per heavy atom. The lowest BCUT2D eigenvalue weighted by atomic mass is 10.2. The molecule has 1 heterocycles. The highest BCUT2D eigenvalue weighted by Crippen LogP contribution is 2.28. The van der Waals surface area contributed by atoms with Crippen LogP contribution in [0, 0.1) is 0 Å². The summed E-state index contributed by atoms with van der Waals surface area (Å²) in [4.78, 5) is 9.82. The highest BCUT2D eigenvalue weighted by molar-refractivity contribution is 5.79. The Bertz CT molecular complexity index is 791. The molecule has 2 aromatic carbocycles. The van der Waals surface area contributed by atoms with Crippen molar-refractivity contribution in [3.05, 3.63) is 54.1 Å². The van der Waals surface area contributed by atoms with Crippen molar-refractivity contribution in [2.24, 2.45) is 5.16 Å². The molecule has 29 heavy (non-hydrogen) atoms. The van der Waals surface area contributed by atoms with E-state index in [1.165, 1.54) is 0 Å². The molecule has 1 fully saturated rings. The van der Waals surface area contributed by atoms with Crippen molar-refractivity contribution in [3.63, 3.8) is 0 Å². The number of para-hydroxylation sites is 2. The molecular weight excluding hydrogens is 370 g/mol. The van der Waals surface area contributed by atoms with Crippen LogP contribution in [0.2, 0.25) is 0 Å². The Balaban J connectivity index is 1.39. The van der Waals surface area contributed by atoms with Crippen LogP contribution in [-0.2, 0) is 4.84 Å². The standard InChI is InChI=1S/C22H29N3O4/c1-27-20-7-5-6-18(14-20)15-23-29-17-19(26)16-24-10-12-25(13-11-24)21-8-3-4-9-22(21)28-2/h3-9,14-15,19,26H,10-13,16-17H2,1-2H3/b23-15-/t19-/m0/s1. The average molecular weight is 399 g/mol. The number of ether oxygens (including phenoxy) is 2. The van der Waals surface area contributed by atoms with Crippen molar-refractivity contribution < 1.29 is 19.4 Å². The van der Waals surface area contributed by atoms with Crippen molar-refractivity contribution in [1.82, 2.24) is 4.90 Å². The third kappa shape index (κ3) is 6.10. The molecule has 3 rings (SSSR count). The second-order valence-corrected chi connectivity index (χ2v) is 6.92. The number of anilines is 1. The lowest BCUT2D eigenvalue weighted by Crippen LogP contribution is -2.49. The van der Waals surface area contributed by atoms with E-state index in [0.717, 1.165) is 48.9 Å². The second kappa shape index (κ2) is 10.7. The van der Waals surface area contributed by atoms with Crippen LogP contribution in [0.15, 0.2) is 53.7 Å². The Labute approximate surface area is 172 Å². The number of oxime groups is 1. The van der Waals surface area contributed by atoms with Crippen molar-refractivity contribution in [2.45, 2.75) is 6.10 Å². The highest BCUT2D eigenvalue weighted by Gasteiger charge is 2.21. The van der Waals surface area contributed by atoms with Gasteiger partial charge in [-0.25, -0.2) is 0 Å². The number of methoxy groups -OCH3 is 2. The summed E-state index contributed by atoms with van der Waals surface area (Å²) in [5.41, 5.74) is 2.00. The Hall–Kier alpha value is -2.77. The highest BCUT2D eigenvalue weighted by atomic mass is 16.6. The predicted octanol–water partition coefficient (Wildman–Crippen LogP) is 2.24. The van der Waals surface area contributed by atoms with E-state index >= 15 is 0 Å². The van der Waals surface area contributed by atoms with Gasteiger partial charge in [0.05, 0.1) is 26.1 Å². The van der Waals surface area contributed by atoms with E-state index in [9.17, 15) is 5.11 Å². The molecule has 1 aliphatic heterocycles. The number of hydrogen-bond donors (Lipinski definition) is 1. The van der Waals surface area contributed by atoms with Gasteiger partial charge in [-0.15, -0.1) is 0 Å². The molecule has 7 heteroatoms. The van der Waals surface area contributed by atoms with Crippen LogP contribution in [0.4, 0.5) is 5.69 Å². The number of hydrogen-bond acceptors (Lipinski definition) is 7. The Morgan fingerprint density at radius 2 is 1.83 bits per heavy atom. The summed E-state index contributed by atoms with van der Waals surface area (Å²) >= 11 is 0. The summed E-state index contributed by atoms with van der Waals surface area (Å²) in [6.45, 7) is 4.26. The van der Waals surface area contributed by atoms with Gasteiger partial charge >= 0.3 is 0 Å². The number of rotatable bonds is 9. The maximum absolute atomic E-state index is 10.3. The Kier molecular flexibility index (Phi) is 7.72. The fourth-order valence-corrected chi connectivity index (χ4v) is 3.36. The van der Waals surface area contributed by atoms with Crippen molar-refractivity contribution in [1.29, 1.82) is 0 Å². The van der Waals surface area contributed by atoms with Crippen molar-refractivity contribution >= 4 is 11.9 Å². The predicted molar refractivity (Wildman–Crippen MR) is 114 cm³/mol. The van der Waals surface area contributed by atoms with Gasteiger partial charge in [-0.2, -0.15) is 0 Å². The lowest BCUT2D eigenvalue weighted by Gasteiger charge is -2.37. The first-order valence-corrected chi connectivity index (χ1v) is 9.77.